The Morgan fingerprint density at radius 2 is 1.97 bits per heavy atom. The summed E-state index contributed by atoms with van der Waals surface area (Å²) in [6.45, 7) is 2.83. The molecule has 30 heavy (non-hydrogen) atoms. The summed E-state index contributed by atoms with van der Waals surface area (Å²) in [6.07, 6.45) is 1.79. The molecule has 0 aliphatic rings. The minimum absolute atomic E-state index is 0.226. The molecule has 0 saturated heterocycles. The van der Waals surface area contributed by atoms with E-state index in [2.05, 4.69) is 38.5 Å². The number of aromatic nitrogens is 3. The number of H-pyrrole nitrogens is 1. The lowest BCUT2D eigenvalue weighted by molar-refractivity contribution is 0.284. The molecule has 0 bridgehead atoms. The molecule has 0 spiro atoms. The van der Waals surface area contributed by atoms with Gasteiger partial charge >= 0.3 is 0 Å². The topological polar surface area (TPSA) is 64.1 Å². The van der Waals surface area contributed by atoms with Crippen LogP contribution in [0.3, 0.4) is 0 Å². The smallest absolute Gasteiger partial charge is 0.214 e. The van der Waals surface area contributed by atoms with Gasteiger partial charge in [0.2, 0.25) is 4.77 Å². The SMILES string of the molecule is CCCc1n[nH]c(=S)n1NCc1cc(OC)c(OCc2c(Cl)cccc2Cl)cc1Br. The van der Waals surface area contributed by atoms with Crippen LogP contribution >= 0.6 is 51.3 Å². The average Bonchev–Trinajstić information content (AvgIpc) is 3.06. The van der Waals surface area contributed by atoms with Crippen LogP contribution in [0.1, 0.15) is 30.3 Å². The van der Waals surface area contributed by atoms with Crippen LogP contribution in [0.4, 0.5) is 0 Å². The summed E-state index contributed by atoms with van der Waals surface area (Å²) < 4.78 is 14.7. The van der Waals surface area contributed by atoms with Crippen LogP contribution in [0.2, 0.25) is 10.0 Å². The first-order valence-electron chi connectivity index (χ1n) is 9.26. The zero-order chi connectivity index (χ0) is 21.7. The molecule has 3 aromatic rings. The van der Waals surface area contributed by atoms with Crippen molar-refractivity contribution >= 4 is 51.3 Å². The maximum atomic E-state index is 6.23. The minimum Gasteiger partial charge on any atom is -0.493 e. The van der Waals surface area contributed by atoms with E-state index in [1.54, 1.807) is 30.0 Å². The normalized spacial score (nSPS) is 10.8. The Labute approximate surface area is 198 Å². The molecule has 10 heteroatoms. The number of halogens is 3. The Morgan fingerprint density at radius 3 is 2.63 bits per heavy atom. The predicted octanol–water partition coefficient (Wildman–Crippen LogP) is 6.29. The van der Waals surface area contributed by atoms with Gasteiger partial charge in [0.05, 0.1) is 13.7 Å². The van der Waals surface area contributed by atoms with E-state index in [1.165, 1.54) is 0 Å². The maximum Gasteiger partial charge on any atom is 0.214 e. The number of benzene rings is 2. The lowest BCUT2D eigenvalue weighted by Crippen LogP contribution is -2.18. The Morgan fingerprint density at radius 1 is 1.23 bits per heavy atom. The molecule has 0 aliphatic carbocycles. The third-order valence-corrected chi connectivity index (χ3v) is 6.13. The summed E-state index contributed by atoms with van der Waals surface area (Å²) in [5, 5.41) is 8.20. The van der Waals surface area contributed by atoms with Gasteiger partial charge in [-0.05, 0) is 48.5 Å². The van der Waals surface area contributed by atoms with Gasteiger partial charge in [-0.25, -0.2) is 4.68 Å². The van der Waals surface area contributed by atoms with E-state index in [4.69, 9.17) is 44.9 Å². The Balaban J connectivity index is 1.77. The van der Waals surface area contributed by atoms with E-state index in [1.807, 2.05) is 12.1 Å². The van der Waals surface area contributed by atoms with E-state index >= 15 is 0 Å². The Bertz CT molecular complexity index is 1070. The fourth-order valence-electron chi connectivity index (χ4n) is 2.85. The van der Waals surface area contributed by atoms with Gasteiger partial charge in [0.25, 0.3) is 0 Å². The van der Waals surface area contributed by atoms with Crippen molar-refractivity contribution in [3.05, 3.63) is 66.6 Å². The van der Waals surface area contributed by atoms with Crippen molar-refractivity contribution in [3.8, 4) is 11.5 Å². The van der Waals surface area contributed by atoms with Gasteiger partial charge in [0, 0.05) is 26.5 Å². The van der Waals surface area contributed by atoms with Crippen LogP contribution in [0.25, 0.3) is 0 Å². The molecule has 2 N–H and O–H groups in total. The second kappa shape index (κ2) is 10.5. The molecule has 0 aliphatic heterocycles. The second-order valence-corrected chi connectivity index (χ2v) is 8.50. The monoisotopic (exact) mass is 530 g/mol. The van der Waals surface area contributed by atoms with Crippen LogP contribution < -0.4 is 14.9 Å². The minimum atomic E-state index is 0.226. The zero-order valence-corrected chi connectivity index (χ0v) is 20.4. The summed E-state index contributed by atoms with van der Waals surface area (Å²) >= 11 is 21.4. The fraction of sp³-hybridized carbons (Fsp3) is 0.300. The first kappa shape index (κ1) is 22.9. The van der Waals surface area contributed by atoms with Crippen LogP contribution in [-0.2, 0) is 19.6 Å². The van der Waals surface area contributed by atoms with Crippen molar-refractivity contribution in [1.82, 2.24) is 14.9 Å². The number of rotatable bonds is 9. The molecule has 3 rings (SSSR count). The van der Waals surface area contributed by atoms with Crippen molar-refractivity contribution in [2.75, 3.05) is 12.5 Å². The average molecular weight is 532 g/mol. The standard InChI is InChI=1S/C20H21BrCl2N4O2S/c1-3-5-19-25-26-20(30)27(19)24-10-12-8-17(28-2)18(9-14(12)21)29-11-13-15(22)6-4-7-16(13)23/h4,6-9,24H,3,5,10-11H2,1-2H3,(H,26,30). The molecule has 0 unspecified atom stereocenters. The molecule has 1 aromatic heterocycles. The van der Waals surface area contributed by atoms with Crippen LogP contribution in [0.5, 0.6) is 11.5 Å². The third-order valence-electron chi connectivity index (χ3n) is 4.41. The summed E-state index contributed by atoms with van der Waals surface area (Å²) in [7, 11) is 1.60. The van der Waals surface area contributed by atoms with Gasteiger partial charge in [0.1, 0.15) is 6.61 Å². The number of methoxy groups -OCH3 is 1. The van der Waals surface area contributed by atoms with Gasteiger partial charge in [-0.3, -0.25) is 5.10 Å². The number of nitrogens with one attached hydrogen (secondary N) is 2. The second-order valence-electron chi connectivity index (χ2n) is 6.45. The molecule has 6 nitrogen and oxygen atoms in total. The highest BCUT2D eigenvalue weighted by Gasteiger charge is 2.14. The largest absolute Gasteiger partial charge is 0.493 e. The van der Waals surface area contributed by atoms with Gasteiger partial charge in [-0.2, -0.15) is 5.10 Å². The molecule has 160 valence electrons. The zero-order valence-electron chi connectivity index (χ0n) is 16.5. The fourth-order valence-corrected chi connectivity index (χ4v) is 4.04. The van der Waals surface area contributed by atoms with Crippen LogP contribution in [-0.4, -0.2) is 22.0 Å². The molecule has 0 radical (unpaired) electrons. The van der Waals surface area contributed by atoms with E-state index in [-0.39, 0.29) is 6.61 Å². The van der Waals surface area contributed by atoms with Crippen molar-refractivity contribution in [3.63, 3.8) is 0 Å². The van der Waals surface area contributed by atoms with E-state index in [0.717, 1.165) is 34.3 Å². The number of aryl methyl sites for hydroxylation is 1. The van der Waals surface area contributed by atoms with Gasteiger partial charge in [0.15, 0.2) is 17.3 Å². The van der Waals surface area contributed by atoms with Crippen molar-refractivity contribution in [2.45, 2.75) is 32.9 Å². The molecule has 1 heterocycles. The number of ether oxygens (including phenoxy) is 2. The van der Waals surface area contributed by atoms with Gasteiger partial charge in [-0.1, -0.05) is 52.1 Å². The molecular weight excluding hydrogens is 511 g/mol. The van der Waals surface area contributed by atoms with Crippen molar-refractivity contribution in [2.24, 2.45) is 0 Å². The highest BCUT2D eigenvalue weighted by atomic mass is 79.9. The molecular formula is C20H21BrCl2N4O2S. The Hall–Kier alpha value is -1.74. The van der Waals surface area contributed by atoms with Gasteiger partial charge in [-0.15, -0.1) is 0 Å². The van der Waals surface area contributed by atoms with E-state index in [0.29, 0.717) is 32.9 Å². The number of hydrogen-bond donors (Lipinski definition) is 2. The number of aromatic amines is 1. The molecule has 0 saturated carbocycles. The summed E-state index contributed by atoms with van der Waals surface area (Å²) in [6, 6.07) is 9.13. The third kappa shape index (κ3) is 5.29. The first-order valence-corrected chi connectivity index (χ1v) is 11.2. The number of hydrogen-bond acceptors (Lipinski definition) is 5. The van der Waals surface area contributed by atoms with Gasteiger partial charge < -0.3 is 14.9 Å². The van der Waals surface area contributed by atoms with Crippen LogP contribution in [0, 0.1) is 4.77 Å². The summed E-state index contributed by atoms with van der Waals surface area (Å²) in [5.74, 6) is 2.04. The van der Waals surface area contributed by atoms with Crippen molar-refractivity contribution < 1.29 is 9.47 Å². The summed E-state index contributed by atoms with van der Waals surface area (Å²) in [4.78, 5) is 0. The quantitative estimate of drug-likeness (QED) is 0.317. The van der Waals surface area contributed by atoms with Crippen molar-refractivity contribution in [1.29, 1.82) is 0 Å². The van der Waals surface area contributed by atoms with E-state index in [9.17, 15) is 0 Å². The van der Waals surface area contributed by atoms with E-state index < -0.39 is 0 Å². The highest BCUT2D eigenvalue weighted by molar-refractivity contribution is 9.10. The molecule has 0 atom stereocenters. The van der Waals surface area contributed by atoms with Crippen LogP contribution in [0.15, 0.2) is 34.8 Å². The predicted molar refractivity (Wildman–Crippen MR) is 126 cm³/mol. The summed E-state index contributed by atoms with van der Waals surface area (Å²) in [5.41, 5.74) is 5.00. The maximum absolute atomic E-state index is 6.23. The molecule has 2 aromatic carbocycles. The lowest BCUT2D eigenvalue weighted by Gasteiger charge is -2.16. The molecule has 0 fully saturated rings. The molecule has 0 amide bonds. The number of nitrogens with zero attached hydrogens (tertiary/aromatic N) is 2. The lowest BCUT2D eigenvalue weighted by atomic mass is 10.2. The first-order chi connectivity index (χ1) is 14.4. The highest BCUT2D eigenvalue weighted by Crippen LogP contribution is 2.35. The Kier molecular flexibility index (Phi) is 8.05.